The van der Waals surface area contributed by atoms with Crippen molar-refractivity contribution in [1.29, 1.82) is 0 Å². The fourth-order valence-electron chi connectivity index (χ4n) is 3.40. The second-order valence-electron chi connectivity index (χ2n) is 7.12. The summed E-state index contributed by atoms with van der Waals surface area (Å²) < 4.78 is 70.4. The van der Waals surface area contributed by atoms with Crippen LogP contribution in [0.1, 0.15) is 49.3 Å². The van der Waals surface area contributed by atoms with Gasteiger partial charge in [-0.05, 0) is 56.5 Å². The quantitative estimate of drug-likeness (QED) is 0.536. The summed E-state index contributed by atoms with van der Waals surface area (Å²) in [6.45, 7) is 3.95. The Morgan fingerprint density at radius 3 is 2.34 bits per heavy atom. The maximum atomic E-state index is 14.5. The summed E-state index contributed by atoms with van der Waals surface area (Å²) in [5, 5.41) is 0. The molecule has 0 radical (unpaired) electrons. The largest absolute Gasteiger partial charge is 0.493 e. The van der Waals surface area contributed by atoms with Crippen LogP contribution in [-0.2, 0) is 17.5 Å². The van der Waals surface area contributed by atoms with E-state index in [1.165, 1.54) is 6.07 Å². The van der Waals surface area contributed by atoms with Crippen LogP contribution in [0.25, 0.3) is 0 Å². The lowest BCUT2D eigenvalue weighted by molar-refractivity contribution is -0.141. The molecule has 29 heavy (non-hydrogen) atoms. The molecule has 0 spiro atoms. The molecule has 1 saturated heterocycles. The van der Waals surface area contributed by atoms with Gasteiger partial charge in [0.2, 0.25) is 0 Å². The van der Waals surface area contributed by atoms with Crippen LogP contribution in [0.5, 0.6) is 11.5 Å². The molecule has 2 aromatic carbocycles. The summed E-state index contributed by atoms with van der Waals surface area (Å²) in [7, 11) is 0. The average molecular weight is 412 g/mol. The zero-order valence-electron chi connectivity index (χ0n) is 16.4. The number of rotatable bonds is 6. The highest BCUT2D eigenvalue weighted by molar-refractivity contribution is 5.41. The molecule has 1 aliphatic rings. The van der Waals surface area contributed by atoms with Crippen molar-refractivity contribution in [3.8, 4) is 11.5 Å². The Morgan fingerprint density at radius 1 is 1.03 bits per heavy atom. The van der Waals surface area contributed by atoms with Crippen LogP contribution in [0, 0.1) is 5.82 Å². The molecule has 3 rings (SSSR count). The summed E-state index contributed by atoms with van der Waals surface area (Å²) in [5.74, 6) is -1.11. The van der Waals surface area contributed by atoms with Crippen molar-refractivity contribution in [2.45, 2.75) is 51.5 Å². The number of hydrogen-bond acceptors (Lipinski definition) is 3. The molecule has 0 amide bonds. The van der Waals surface area contributed by atoms with Gasteiger partial charge in [0.05, 0.1) is 19.3 Å². The van der Waals surface area contributed by atoms with Crippen LogP contribution in [0.2, 0.25) is 0 Å². The molecule has 1 fully saturated rings. The molecular weight excluding hydrogens is 388 g/mol. The Balaban J connectivity index is 1.69. The molecule has 3 nitrogen and oxygen atoms in total. The van der Waals surface area contributed by atoms with Gasteiger partial charge in [0.15, 0.2) is 0 Å². The predicted octanol–water partition coefficient (Wildman–Crippen LogP) is 6.10. The molecule has 2 unspecified atom stereocenters. The summed E-state index contributed by atoms with van der Waals surface area (Å²) in [4.78, 5) is 0. The molecule has 0 saturated carbocycles. The van der Waals surface area contributed by atoms with Crippen molar-refractivity contribution in [3.05, 3.63) is 58.9 Å². The summed E-state index contributed by atoms with van der Waals surface area (Å²) >= 11 is 0. The zero-order valence-corrected chi connectivity index (χ0v) is 16.4. The number of benzene rings is 2. The maximum Gasteiger partial charge on any atom is 0.422 e. The van der Waals surface area contributed by atoms with E-state index in [1.54, 1.807) is 19.1 Å². The van der Waals surface area contributed by atoms with Gasteiger partial charge >= 0.3 is 6.18 Å². The highest BCUT2D eigenvalue weighted by Gasteiger charge is 2.39. The summed E-state index contributed by atoms with van der Waals surface area (Å²) in [6, 6.07) is 9.69. The Morgan fingerprint density at radius 2 is 1.76 bits per heavy atom. The second kappa shape index (κ2) is 9.03. The van der Waals surface area contributed by atoms with Crippen molar-refractivity contribution < 1.29 is 31.8 Å². The molecule has 0 aliphatic carbocycles. The number of halogens is 4. The second-order valence-corrected chi connectivity index (χ2v) is 7.12. The maximum absolute atomic E-state index is 14.5. The standard InChI is InChI=1S/C22H24F4O3/c1-3-27-19-11-8-17(21(23)20(19)22(24,25)26)13-29-18-9-6-15(7-10-18)16-5-4-14(2)28-12-16/h6-11,14,16H,3-5,12-13H2,1-2H3. The molecule has 0 aromatic heterocycles. The van der Waals surface area contributed by atoms with Gasteiger partial charge < -0.3 is 14.2 Å². The highest BCUT2D eigenvalue weighted by Crippen LogP contribution is 2.39. The Bertz CT molecular complexity index is 810. The van der Waals surface area contributed by atoms with E-state index in [1.807, 2.05) is 12.1 Å². The van der Waals surface area contributed by atoms with E-state index in [2.05, 4.69) is 6.92 Å². The first-order valence-corrected chi connectivity index (χ1v) is 9.65. The van der Waals surface area contributed by atoms with Gasteiger partial charge in [-0.1, -0.05) is 12.1 Å². The van der Waals surface area contributed by atoms with Crippen LogP contribution < -0.4 is 9.47 Å². The van der Waals surface area contributed by atoms with Gasteiger partial charge in [-0.15, -0.1) is 0 Å². The molecule has 1 heterocycles. The average Bonchev–Trinajstić information content (AvgIpc) is 2.68. The smallest absolute Gasteiger partial charge is 0.422 e. The first kappa shape index (κ1) is 21.4. The van der Waals surface area contributed by atoms with Crippen LogP contribution in [-0.4, -0.2) is 19.3 Å². The predicted molar refractivity (Wildman–Crippen MR) is 101 cm³/mol. The van der Waals surface area contributed by atoms with E-state index in [9.17, 15) is 17.6 Å². The third kappa shape index (κ3) is 5.21. The fraction of sp³-hybridized carbons (Fsp3) is 0.455. The van der Waals surface area contributed by atoms with Gasteiger partial charge in [0, 0.05) is 11.5 Å². The molecule has 2 aromatic rings. The van der Waals surface area contributed by atoms with Crippen molar-refractivity contribution in [2.75, 3.05) is 13.2 Å². The number of alkyl halides is 3. The van der Waals surface area contributed by atoms with Crippen LogP contribution in [0.3, 0.4) is 0 Å². The summed E-state index contributed by atoms with van der Waals surface area (Å²) in [6.07, 6.45) is -2.54. The lowest BCUT2D eigenvalue weighted by atomic mass is 9.92. The molecule has 0 bridgehead atoms. The van der Waals surface area contributed by atoms with Gasteiger partial charge in [-0.25, -0.2) is 4.39 Å². The number of ether oxygens (including phenoxy) is 3. The minimum absolute atomic E-state index is 0.00959. The lowest BCUT2D eigenvalue weighted by Gasteiger charge is -2.27. The Labute approximate surface area is 167 Å². The Kier molecular flexibility index (Phi) is 6.67. The van der Waals surface area contributed by atoms with E-state index in [0.29, 0.717) is 18.3 Å². The van der Waals surface area contributed by atoms with E-state index >= 15 is 0 Å². The van der Waals surface area contributed by atoms with E-state index < -0.39 is 23.3 Å². The van der Waals surface area contributed by atoms with E-state index in [-0.39, 0.29) is 24.9 Å². The van der Waals surface area contributed by atoms with Crippen LogP contribution in [0.4, 0.5) is 17.6 Å². The first-order valence-electron chi connectivity index (χ1n) is 9.65. The minimum Gasteiger partial charge on any atom is -0.493 e. The van der Waals surface area contributed by atoms with E-state index in [0.717, 1.165) is 24.5 Å². The van der Waals surface area contributed by atoms with Crippen molar-refractivity contribution >= 4 is 0 Å². The van der Waals surface area contributed by atoms with Crippen LogP contribution >= 0.6 is 0 Å². The van der Waals surface area contributed by atoms with Gasteiger partial charge in [0.1, 0.15) is 29.5 Å². The monoisotopic (exact) mass is 412 g/mol. The first-order chi connectivity index (χ1) is 13.8. The topological polar surface area (TPSA) is 27.7 Å². The van der Waals surface area contributed by atoms with Crippen molar-refractivity contribution in [1.82, 2.24) is 0 Å². The fourth-order valence-corrected chi connectivity index (χ4v) is 3.40. The molecule has 158 valence electrons. The molecule has 1 aliphatic heterocycles. The van der Waals surface area contributed by atoms with Crippen molar-refractivity contribution in [2.24, 2.45) is 0 Å². The summed E-state index contributed by atoms with van der Waals surface area (Å²) in [5.41, 5.74) is -0.460. The molecule has 7 heteroatoms. The molecule has 2 atom stereocenters. The minimum atomic E-state index is -4.86. The third-order valence-electron chi connectivity index (χ3n) is 5.02. The van der Waals surface area contributed by atoms with Gasteiger partial charge in [0.25, 0.3) is 0 Å². The SMILES string of the molecule is CCOc1ccc(COc2ccc(C3CCC(C)OC3)cc2)c(F)c1C(F)(F)F. The van der Waals surface area contributed by atoms with Crippen LogP contribution in [0.15, 0.2) is 36.4 Å². The van der Waals surface area contributed by atoms with Gasteiger partial charge in [-0.3, -0.25) is 0 Å². The lowest BCUT2D eigenvalue weighted by Crippen LogP contribution is -2.22. The normalized spacial score (nSPS) is 19.8. The zero-order chi connectivity index (χ0) is 21.0. The van der Waals surface area contributed by atoms with Gasteiger partial charge in [-0.2, -0.15) is 13.2 Å². The third-order valence-corrected chi connectivity index (χ3v) is 5.02. The highest BCUT2D eigenvalue weighted by atomic mass is 19.4. The molecule has 0 N–H and O–H groups in total. The Hall–Kier alpha value is -2.28. The molecular formula is C22H24F4O3. The van der Waals surface area contributed by atoms with E-state index in [4.69, 9.17) is 14.2 Å². The number of hydrogen-bond donors (Lipinski definition) is 0. The van der Waals surface area contributed by atoms with Crippen molar-refractivity contribution in [3.63, 3.8) is 0 Å².